The minimum absolute atomic E-state index is 0.0220. The molecule has 1 aliphatic heterocycles. The summed E-state index contributed by atoms with van der Waals surface area (Å²) >= 11 is 1.15. The highest BCUT2D eigenvalue weighted by Crippen LogP contribution is 2.32. The van der Waals surface area contributed by atoms with Gasteiger partial charge in [0.25, 0.3) is 11.8 Å². The Kier molecular flexibility index (Phi) is 7.49. The van der Waals surface area contributed by atoms with Crippen molar-refractivity contribution in [2.24, 2.45) is 11.7 Å². The zero-order chi connectivity index (χ0) is 24.1. The van der Waals surface area contributed by atoms with E-state index in [0.29, 0.717) is 28.0 Å². The summed E-state index contributed by atoms with van der Waals surface area (Å²) in [5.74, 6) is 0.139. The number of nitrogens with two attached hydrogens (primary N) is 1. The third-order valence-electron chi connectivity index (χ3n) is 6.13. The first-order valence-corrected chi connectivity index (χ1v) is 12.1. The van der Waals surface area contributed by atoms with Crippen LogP contribution in [0.25, 0.3) is 0 Å². The highest BCUT2D eigenvalue weighted by Gasteiger charge is 2.24. The number of aliphatic hydroxyl groups excluding tert-OH is 1. The number of benzene rings is 1. The number of thiazole rings is 1. The molecule has 2 amide bonds. The Labute approximate surface area is 202 Å². The second kappa shape index (κ2) is 10.7. The summed E-state index contributed by atoms with van der Waals surface area (Å²) < 4.78 is 5.15. The van der Waals surface area contributed by atoms with Gasteiger partial charge >= 0.3 is 0 Å². The second-order valence-electron chi connectivity index (χ2n) is 8.33. The lowest BCUT2D eigenvalue weighted by Crippen LogP contribution is -2.34. The first-order valence-electron chi connectivity index (χ1n) is 11.3. The van der Waals surface area contributed by atoms with Gasteiger partial charge in [0.1, 0.15) is 10.8 Å². The van der Waals surface area contributed by atoms with E-state index in [0.717, 1.165) is 55.1 Å². The largest absolute Gasteiger partial charge is 0.497 e. The Morgan fingerprint density at radius 2 is 1.94 bits per heavy atom. The van der Waals surface area contributed by atoms with Crippen LogP contribution in [0.15, 0.2) is 47.7 Å². The fraction of sp³-hybridized carbons (Fsp3) is 0.375. The number of methoxy groups -OCH3 is 1. The van der Waals surface area contributed by atoms with E-state index in [1.54, 1.807) is 19.2 Å². The highest BCUT2D eigenvalue weighted by molar-refractivity contribution is 7.20. The van der Waals surface area contributed by atoms with Crippen LogP contribution in [0.2, 0.25) is 0 Å². The van der Waals surface area contributed by atoms with Crippen LogP contribution in [0, 0.1) is 5.92 Å². The van der Waals surface area contributed by atoms with Gasteiger partial charge in [-0.1, -0.05) is 17.4 Å². The van der Waals surface area contributed by atoms with Crippen molar-refractivity contribution in [2.45, 2.75) is 25.7 Å². The summed E-state index contributed by atoms with van der Waals surface area (Å²) in [6.07, 6.45) is 7.19. The minimum Gasteiger partial charge on any atom is -0.497 e. The van der Waals surface area contributed by atoms with Gasteiger partial charge in [0, 0.05) is 36.7 Å². The number of nitrogens with zero attached hydrogens (tertiary/aromatic N) is 2. The van der Waals surface area contributed by atoms with Crippen LogP contribution < -0.4 is 21.1 Å². The Morgan fingerprint density at radius 1 is 1.21 bits per heavy atom. The van der Waals surface area contributed by atoms with Gasteiger partial charge in [0.05, 0.1) is 7.11 Å². The van der Waals surface area contributed by atoms with Crippen molar-refractivity contribution in [3.8, 4) is 5.75 Å². The number of allylic oxidation sites excluding steroid dienone is 3. The third kappa shape index (κ3) is 5.57. The molecule has 2 aliphatic rings. The van der Waals surface area contributed by atoms with E-state index in [-0.39, 0.29) is 18.2 Å². The number of aliphatic hydroxyl groups is 1. The number of ether oxygens (including phenoxy) is 1. The number of amides is 2. The Bertz CT molecular complexity index is 1100. The molecule has 2 heterocycles. The van der Waals surface area contributed by atoms with Gasteiger partial charge in [-0.25, -0.2) is 4.98 Å². The molecule has 1 fully saturated rings. The van der Waals surface area contributed by atoms with Gasteiger partial charge in [-0.05, 0) is 61.9 Å². The summed E-state index contributed by atoms with van der Waals surface area (Å²) in [4.78, 5) is 31.4. The first kappa shape index (κ1) is 23.8. The number of hydrogen-bond acceptors (Lipinski definition) is 8. The van der Waals surface area contributed by atoms with Crippen LogP contribution >= 0.6 is 11.3 Å². The monoisotopic (exact) mass is 483 g/mol. The van der Waals surface area contributed by atoms with Gasteiger partial charge in [-0.3, -0.25) is 9.59 Å². The lowest BCUT2D eigenvalue weighted by atomic mass is 9.95. The Morgan fingerprint density at radius 3 is 2.53 bits per heavy atom. The summed E-state index contributed by atoms with van der Waals surface area (Å²) in [5.41, 5.74) is 8.14. The van der Waals surface area contributed by atoms with Crippen LogP contribution in [-0.4, -0.2) is 53.6 Å². The number of rotatable bonds is 8. The average Bonchev–Trinajstić information content (AvgIpc) is 3.27. The van der Waals surface area contributed by atoms with Crippen LogP contribution in [0.3, 0.4) is 0 Å². The molecule has 34 heavy (non-hydrogen) atoms. The third-order valence-corrected chi connectivity index (χ3v) is 7.01. The lowest BCUT2D eigenvalue weighted by molar-refractivity contribution is -0.113. The number of nitrogens with one attached hydrogen (secondary N) is 2. The van der Waals surface area contributed by atoms with E-state index in [1.165, 1.54) is 5.70 Å². The molecule has 1 saturated heterocycles. The van der Waals surface area contributed by atoms with Crippen LogP contribution in [0.5, 0.6) is 5.75 Å². The molecule has 5 N–H and O–H groups in total. The Balaban J connectivity index is 1.42. The zero-order valence-electron chi connectivity index (χ0n) is 19.0. The van der Waals surface area contributed by atoms with E-state index >= 15 is 0 Å². The van der Waals surface area contributed by atoms with Crippen molar-refractivity contribution in [3.05, 3.63) is 53.4 Å². The predicted octanol–water partition coefficient (Wildman–Crippen LogP) is 3.24. The molecular weight excluding hydrogens is 454 g/mol. The molecule has 0 saturated carbocycles. The molecular formula is C24H29N5O4S. The molecule has 0 atom stereocenters. The topological polar surface area (TPSA) is 130 Å². The number of aromatic nitrogens is 1. The van der Waals surface area contributed by atoms with Crippen molar-refractivity contribution < 1.29 is 19.4 Å². The van der Waals surface area contributed by atoms with E-state index in [2.05, 4.69) is 20.5 Å². The zero-order valence-corrected chi connectivity index (χ0v) is 19.9. The second-order valence-corrected chi connectivity index (χ2v) is 9.33. The number of anilines is 3. The maximum Gasteiger partial charge on any atom is 0.270 e. The van der Waals surface area contributed by atoms with Crippen LogP contribution in [0.1, 0.15) is 36.2 Å². The smallest absolute Gasteiger partial charge is 0.270 e. The fourth-order valence-electron chi connectivity index (χ4n) is 4.09. The van der Waals surface area contributed by atoms with Crippen molar-refractivity contribution in [1.82, 2.24) is 9.88 Å². The quantitative estimate of drug-likeness (QED) is 0.453. The van der Waals surface area contributed by atoms with Gasteiger partial charge in [0.15, 0.2) is 10.8 Å². The number of hydrogen-bond donors (Lipinski definition) is 4. The average molecular weight is 484 g/mol. The molecule has 9 nitrogen and oxygen atoms in total. The molecule has 0 spiro atoms. The normalized spacial score (nSPS) is 16.5. The summed E-state index contributed by atoms with van der Waals surface area (Å²) in [7, 11) is 1.59. The summed E-state index contributed by atoms with van der Waals surface area (Å²) in [5, 5.41) is 16.0. The molecule has 10 heteroatoms. The molecule has 4 rings (SSSR count). The predicted molar refractivity (Wildman–Crippen MR) is 132 cm³/mol. The molecule has 180 valence electrons. The van der Waals surface area contributed by atoms with E-state index in [9.17, 15) is 14.7 Å². The molecule has 0 radical (unpaired) electrons. The number of piperidine rings is 1. The van der Waals surface area contributed by atoms with Crippen molar-refractivity contribution in [1.29, 1.82) is 0 Å². The van der Waals surface area contributed by atoms with Crippen molar-refractivity contribution in [2.75, 3.05) is 37.4 Å². The molecule has 1 aromatic carbocycles. The molecule has 1 aromatic heterocycles. The standard InChI is InChI=1S/C24H29N5O4S/c1-33-19-8-4-17(5-9-19)26-24-27-20(21(25)31)23(34-24)28-22(32)16-2-6-18(7-3-16)29-12-10-15(14-30)11-13-29/h2,4-6,8-9,15,30H,3,7,10-14H2,1H3,(H2,25,31)(H,26,27)(H,28,32). The highest BCUT2D eigenvalue weighted by atomic mass is 32.1. The van der Waals surface area contributed by atoms with E-state index in [4.69, 9.17) is 10.5 Å². The van der Waals surface area contributed by atoms with Gasteiger partial charge in [-0.15, -0.1) is 0 Å². The molecule has 2 aromatic rings. The minimum atomic E-state index is -0.708. The number of primary amides is 1. The first-order chi connectivity index (χ1) is 16.5. The van der Waals surface area contributed by atoms with Gasteiger partial charge < -0.3 is 31.1 Å². The molecule has 1 aliphatic carbocycles. The van der Waals surface area contributed by atoms with Gasteiger partial charge in [0.2, 0.25) is 0 Å². The lowest BCUT2D eigenvalue weighted by Gasteiger charge is -2.35. The number of carbonyl (C=O) groups is 2. The van der Waals surface area contributed by atoms with E-state index < -0.39 is 5.91 Å². The number of likely N-dealkylation sites (tertiary alicyclic amines) is 1. The van der Waals surface area contributed by atoms with E-state index in [1.807, 2.05) is 24.3 Å². The van der Waals surface area contributed by atoms with Gasteiger partial charge in [-0.2, -0.15) is 0 Å². The molecule has 0 bridgehead atoms. The number of carbonyl (C=O) groups excluding carboxylic acids is 2. The summed E-state index contributed by atoms with van der Waals surface area (Å²) in [6.45, 7) is 2.11. The van der Waals surface area contributed by atoms with Crippen molar-refractivity contribution in [3.63, 3.8) is 0 Å². The van der Waals surface area contributed by atoms with Crippen LogP contribution in [-0.2, 0) is 4.79 Å². The van der Waals surface area contributed by atoms with Crippen LogP contribution in [0.4, 0.5) is 15.8 Å². The maximum atomic E-state index is 12.9. The van der Waals surface area contributed by atoms with Crippen molar-refractivity contribution >= 4 is 39.0 Å². The molecule has 0 unspecified atom stereocenters. The Hall–Kier alpha value is -3.37. The fourth-order valence-corrected chi connectivity index (χ4v) is 4.97. The summed E-state index contributed by atoms with van der Waals surface area (Å²) in [6, 6.07) is 7.26. The maximum absolute atomic E-state index is 12.9. The SMILES string of the molecule is COc1ccc(Nc2nc(C(N)=O)c(NC(=O)C3=CC=C(N4CCC(CO)CC4)CC3)s2)cc1.